The number of halogens is 1. The Balaban J connectivity index is 2.08. The quantitative estimate of drug-likeness (QED) is 0.754. The van der Waals surface area contributed by atoms with E-state index < -0.39 is 0 Å². The van der Waals surface area contributed by atoms with Crippen molar-refractivity contribution in [2.45, 2.75) is 25.3 Å². The van der Waals surface area contributed by atoms with Crippen LogP contribution < -0.4 is 0 Å². The minimum absolute atomic E-state index is 0.140. The van der Waals surface area contributed by atoms with Crippen molar-refractivity contribution in [2.75, 3.05) is 0 Å². The van der Waals surface area contributed by atoms with E-state index in [4.69, 9.17) is 16.6 Å². The third kappa shape index (κ3) is 2.19. The van der Waals surface area contributed by atoms with Crippen LogP contribution in [0.1, 0.15) is 30.0 Å². The SMILES string of the molecule is CCC1(c2ccccc2)Cc2cc(Cl)ccc2C=N1. The Morgan fingerprint density at radius 1 is 1.16 bits per heavy atom. The Labute approximate surface area is 119 Å². The molecule has 2 aromatic carbocycles. The highest BCUT2D eigenvalue weighted by Crippen LogP contribution is 2.37. The van der Waals surface area contributed by atoms with Gasteiger partial charge in [0.1, 0.15) is 0 Å². The van der Waals surface area contributed by atoms with E-state index in [1.807, 2.05) is 24.4 Å². The maximum absolute atomic E-state index is 6.11. The fourth-order valence-electron chi connectivity index (χ4n) is 2.75. The van der Waals surface area contributed by atoms with Crippen molar-refractivity contribution < 1.29 is 0 Å². The molecule has 0 aromatic heterocycles. The molecule has 1 heterocycles. The fourth-order valence-corrected chi connectivity index (χ4v) is 2.95. The van der Waals surface area contributed by atoms with E-state index >= 15 is 0 Å². The van der Waals surface area contributed by atoms with Gasteiger partial charge in [0, 0.05) is 17.7 Å². The first-order valence-corrected chi connectivity index (χ1v) is 7.00. The number of fused-ring (bicyclic) bond motifs is 1. The molecule has 0 bridgehead atoms. The Morgan fingerprint density at radius 3 is 2.68 bits per heavy atom. The second-order valence-corrected chi connectivity index (χ2v) is 5.47. The molecule has 1 atom stereocenters. The molecule has 1 nitrogen and oxygen atoms in total. The molecule has 0 saturated heterocycles. The minimum Gasteiger partial charge on any atom is -0.281 e. The van der Waals surface area contributed by atoms with Gasteiger partial charge in [-0.05, 0) is 35.2 Å². The molecule has 2 aromatic rings. The molecule has 0 spiro atoms. The normalized spacial score (nSPS) is 21.2. The van der Waals surface area contributed by atoms with E-state index in [1.165, 1.54) is 16.7 Å². The number of benzene rings is 2. The lowest BCUT2D eigenvalue weighted by Gasteiger charge is -2.33. The Kier molecular flexibility index (Phi) is 3.16. The summed E-state index contributed by atoms with van der Waals surface area (Å²) in [6.45, 7) is 2.19. The Morgan fingerprint density at radius 2 is 1.95 bits per heavy atom. The summed E-state index contributed by atoms with van der Waals surface area (Å²) in [5.74, 6) is 0. The molecule has 0 saturated carbocycles. The van der Waals surface area contributed by atoms with Crippen LogP contribution in [0.2, 0.25) is 5.02 Å². The van der Waals surface area contributed by atoms with Crippen molar-refractivity contribution in [3.8, 4) is 0 Å². The van der Waals surface area contributed by atoms with Crippen LogP contribution >= 0.6 is 11.6 Å². The molecular formula is C17H16ClN. The first-order valence-electron chi connectivity index (χ1n) is 6.63. The smallest absolute Gasteiger partial charge is 0.0894 e. The second-order valence-electron chi connectivity index (χ2n) is 5.03. The van der Waals surface area contributed by atoms with Crippen LogP contribution in [0, 0.1) is 0 Å². The largest absolute Gasteiger partial charge is 0.281 e. The predicted octanol–water partition coefficient (Wildman–Crippen LogP) is 4.62. The van der Waals surface area contributed by atoms with Gasteiger partial charge >= 0.3 is 0 Å². The molecule has 0 fully saturated rings. The highest BCUT2D eigenvalue weighted by Gasteiger charge is 2.32. The molecular weight excluding hydrogens is 254 g/mol. The average Bonchev–Trinajstić information content (AvgIpc) is 2.47. The first-order chi connectivity index (χ1) is 9.23. The zero-order valence-electron chi connectivity index (χ0n) is 10.9. The van der Waals surface area contributed by atoms with Crippen molar-refractivity contribution in [1.82, 2.24) is 0 Å². The van der Waals surface area contributed by atoms with E-state index in [0.29, 0.717) is 0 Å². The fraction of sp³-hybridized carbons (Fsp3) is 0.235. The van der Waals surface area contributed by atoms with E-state index in [9.17, 15) is 0 Å². The van der Waals surface area contributed by atoms with Crippen LogP contribution in [-0.2, 0) is 12.0 Å². The van der Waals surface area contributed by atoms with Crippen molar-refractivity contribution in [3.05, 3.63) is 70.2 Å². The van der Waals surface area contributed by atoms with Crippen molar-refractivity contribution in [1.29, 1.82) is 0 Å². The molecule has 1 aliphatic heterocycles. The molecule has 1 aliphatic rings. The molecule has 2 heteroatoms. The van der Waals surface area contributed by atoms with E-state index in [2.05, 4.69) is 37.3 Å². The zero-order valence-corrected chi connectivity index (χ0v) is 11.7. The first kappa shape index (κ1) is 12.4. The molecule has 1 unspecified atom stereocenters. The standard InChI is InChI=1S/C17H16ClN/c1-2-17(15-6-4-3-5-7-15)11-14-10-16(18)9-8-13(14)12-19-17/h3-10,12H,2,11H2,1H3. The number of aliphatic imine (C=N–C) groups is 1. The molecule has 96 valence electrons. The summed E-state index contributed by atoms with van der Waals surface area (Å²) in [5.41, 5.74) is 3.61. The number of rotatable bonds is 2. The van der Waals surface area contributed by atoms with Crippen LogP contribution in [0.5, 0.6) is 0 Å². The molecule has 3 rings (SSSR count). The highest BCUT2D eigenvalue weighted by atomic mass is 35.5. The molecule has 0 N–H and O–H groups in total. The van der Waals surface area contributed by atoms with E-state index in [0.717, 1.165) is 17.9 Å². The summed E-state index contributed by atoms with van der Waals surface area (Å²) in [6.07, 6.45) is 3.89. The molecule has 19 heavy (non-hydrogen) atoms. The van der Waals surface area contributed by atoms with Gasteiger partial charge in [0.2, 0.25) is 0 Å². The summed E-state index contributed by atoms with van der Waals surface area (Å²) >= 11 is 6.11. The van der Waals surface area contributed by atoms with Crippen LogP contribution in [0.3, 0.4) is 0 Å². The van der Waals surface area contributed by atoms with Crippen molar-refractivity contribution in [2.24, 2.45) is 4.99 Å². The van der Waals surface area contributed by atoms with Gasteiger partial charge in [-0.3, -0.25) is 4.99 Å². The summed E-state index contributed by atoms with van der Waals surface area (Å²) in [7, 11) is 0. The number of hydrogen-bond donors (Lipinski definition) is 0. The van der Waals surface area contributed by atoms with Gasteiger partial charge < -0.3 is 0 Å². The van der Waals surface area contributed by atoms with Gasteiger partial charge in [-0.15, -0.1) is 0 Å². The van der Waals surface area contributed by atoms with Gasteiger partial charge in [-0.25, -0.2) is 0 Å². The maximum Gasteiger partial charge on any atom is 0.0894 e. The van der Waals surface area contributed by atoms with Crippen LogP contribution in [-0.4, -0.2) is 6.21 Å². The van der Waals surface area contributed by atoms with Crippen LogP contribution in [0.15, 0.2) is 53.5 Å². The lowest BCUT2D eigenvalue weighted by atomic mass is 9.79. The maximum atomic E-state index is 6.11. The number of hydrogen-bond acceptors (Lipinski definition) is 1. The molecule has 0 aliphatic carbocycles. The lowest BCUT2D eigenvalue weighted by Crippen LogP contribution is -2.29. The van der Waals surface area contributed by atoms with E-state index in [-0.39, 0.29) is 5.54 Å². The monoisotopic (exact) mass is 269 g/mol. The zero-order chi connectivity index (χ0) is 13.3. The summed E-state index contributed by atoms with van der Waals surface area (Å²) in [4.78, 5) is 4.85. The third-order valence-corrected chi connectivity index (χ3v) is 4.17. The molecule has 0 amide bonds. The number of nitrogens with zero attached hydrogens (tertiary/aromatic N) is 1. The van der Waals surface area contributed by atoms with Crippen LogP contribution in [0.4, 0.5) is 0 Å². The van der Waals surface area contributed by atoms with Gasteiger partial charge in [-0.1, -0.05) is 54.9 Å². The van der Waals surface area contributed by atoms with E-state index in [1.54, 1.807) is 0 Å². The summed E-state index contributed by atoms with van der Waals surface area (Å²) in [6, 6.07) is 16.6. The predicted molar refractivity (Wildman–Crippen MR) is 81.2 cm³/mol. The lowest BCUT2D eigenvalue weighted by molar-refractivity contribution is 0.425. The minimum atomic E-state index is -0.140. The van der Waals surface area contributed by atoms with Gasteiger partial charge in [0.05, 0.1) is 5.54 Å². The van der Waals surface area contributed by atoms with Crippen molar-refractivity contribution >= 4 is 17.8 Å². The second kappa shape index (κ2) is 4.82. The van der Waals surface area contributed by atoms with Gasteiger partial charge in [0.15, 0.2) is 0 Å². The average molecular weight is 270 g/mol. The Bertz CT molecular complexity index is 618. The van der Waals surface area contributed by atoms with Gasteiger partial charge in [0.25, 0.3) is 0 Å². The highest BCUT2D eigenvalue weighted by molar-refractivity contribution is 6.30. The topological polar surface area (TPSA) is 12.4 Å². The van der Waals surface area contributed by atoms with Crippen molar-refractivity contribution in [3.63, 3.8) is 0 Å². The van der Waals surface area contributed by atoms with Gasteiger partial charge in [-0.2, -0.15) is 0 Å². The van der Waals surface area contributed by atoms with Crippen LogP contribution in [0.25, 0.3) is 0 Å². The molecule has 0 radical (unpaired) electrons. The summed E-state index contributed by atoms with van der Waals surface area (Å²) in [5, 5.41) is 0.798. The summed E-state index contributed by atoms with van der Waals surface area (Å²) < 4.78 is 0. The third-order valence-electron chi connectivity index (χ3n) is 3.93. The Hall–Kier alpha value is -1.60.